The molecule has 114 valence electrons. The van der Waals surface area contributed by atoms with Crippen LogP contribution in [0.25, 0.3) is 0 Å². The van der Waals surface area contributed by atoms with Crippen molar-refractivity contribution in [2.75, 3.05) is 23.9 Å². The van der Waals surface area contributed by atoms with Crippen molar-refractivity contribution >= 4 is 39.8 Å². The minimum Gasteiger partial charge on any atom is -0.462 e. The SMILES string of the molecule is CCOC(=O)c1sc(NC(C)c2cn[nH]c2)c(SC)c1N. The van der Waals surface area contributed by atoms with Crippen molar-refractivity contribution in [1.29, 1.82) is 0 Å². The number of hydrogen-bond donors (Lipinski definition) is 3. The van der Waals surface area contributed by atoms with E-state index in [0.29, 0.717) is 17.2 Å². The molecule has 6 nitrogen and oxygen atoms in total. The third-order valence-electron chi connectivity index (χ3n) is 2.93. The van der Waals surface area contributed by atoms with Crippen molar-refractivity contribution in [2.24, 2.45) is 0 Å². The van der Waals surface area contributed by atoms with E-state index in [2.05, 4.69) is 15.5 Å². The summed E-state index contributed by atoms with van der Waals surface area (Å²) < 4.78 is 5.04. The Kier molecular flexibility index (Phi) is 5.13. The van der Waals surface area contributed by atoms with Gasteiger partial charge in [-0.2, -0.15) is 5.10 Å². The number of carbonyl (C=O) groups excluding carboxylic acids is 1. The molecule has 1 atom stereocenters. The van der Waals surface area contributed by atoms with Crippen molar-refractivity contribution < 1.29 is 9.53 Å². The smallest absolute Gasteiger partial charge is 0.350 e. The molecule has 0 aliphatic heterocycles. The molecule has 0 amide bonds. The molecule has 4 N–H and O–H groups in total. The predicted octanol–water partition coefficient (Wildman–Crippen LogP) is 3.13. The number of nitrogens with two attached hydrogens (primary N) is 1. The van der Waals surface area contributed by atoms with Crippen LogP contribution in [0.2, 0.25) is 0 Å². The van der Waals surface area contributed by atoms with Crippen LogP contribution in [-0.2, 0) is 4.74 Å². The van der Waals surface area contributed by atoms with Crippen LogP contribution in [-0.4, -0.2) is 29.0 Å². The highest BCUT2D eigenvalue weighted by atomic mass is 32.2. The average Bonchev–Trinajstić information content (AvgIpc) is 3.07. The number of aromatic amines is 1. The highest BCUT2D eigenvalue weighted by molar-refractivity contribution is 7.99. The van der Waals surface area contributed by atoms with Gasteiger partial charge in [-0.05, 0) is 20.1 Å². The first-order chi connectivity index (χ1) is 10.1. The fraction of sp³-hybridized carbons (Fsp3) is 0.385. The maximum absolute atomic E-state index is 11.9. The van der Waals surface area contributed by atoms with Gasteiger partial charge in [0.2, 0.25) is 0 Å². The molecule has 0 aromatic carbocycles. The molecular formula is C13H18N4O2S2. The van der Waals surface area contributed by atoms with Gasteiger partial charge < -0.3 is 15.8 Å². The Hall–Kier alpha value is -1.67. The number of carbonyl (C=O) groups is 1. The van der Waals surface area contributed by atoms with Gasteiger partial charge in [-0.25, -0.2) is 4.79 Å². The normalized spacial score (nSPS) is 12.1. The first-order valence-electron chi connectivity index (χ1n) is 6.47. The van der Waals surface area contributed by atoms with Crippen molar-refractivity contribution in [3.8, 4) is 0 Å². The minimum atomic E-state index is -0.376. The topological polar surface area (TPSA) is 93.0 Å². The summed E-state index contributed by atoms with van der Waals surface area (Å²) in [5.41, 5.74) is 7.58. The zero-order valence-corrected chi connectivity index (χ0v) is 13.7. The van der Waals surface area contributed by atoms with Gasteiger partial charge in [0.1, 0.15) is 9.88 Å². The van der Waals surface area contributed by atoms with E-state index >= 15 is 0 Å². The zero-order chi connectivity index (χ0) is 15.4. The summed E-state index contributed by atoms with van der Waals surface area (Å²) in [6.45, 7) is 4.13. The van der Waals surface area contributed by atoms with Crippen LogP contribution >= 0.6 is 23.1 Å². The number of nitrogen functional groups attached to an aromatic ring is 1. The molecule has 0 saturated heterocycles. The van der Waals surface area contributed by atoms with Gasteiger partial charge >= 0.3 is 5.97 Å². The molecule has 1 unspecified atom stereocenters. The largest absolute Gasteiger partial charge is 0.462 e. The quantitative estimate of drug-likeness (QED) is 0.558. The van der Waals surface area contributed by atoms with Gasteiger partial charge in [0.05, 0.1) is 29.4 Å². The Labute approximate surface area is 131 Å². The summed E-state index contributed by atoms with van der Waals surface area (Å²) >= 11 is 2.83. The number of ether oxygens (including phenoxy) is 1. The Balaban J connectivity index is 2.26. The Morgan fingerprint density at radius 1 is 1.67 bits per heavy atom. The second-order valence-electron chi connectivity index (χ2n) is 4.33. The molecule has 2 rings (SSSR count). The third kappa shape index (κ3) is 3.33. The molecule has 0 fully saturated rings. The van der Waals surface area contributed by atoms with Crippen LogP contribution in [0.1, 0.15) is 35.1 Å². The van der Waals surface area contributed by atoms with E-state index in [9.17, 15) is 4.79 Å². The molecule has 2 aromatic heterocycles. The van der Waals surface area contributed by atoms with Crippen LogP contribution in [0.5, 0.6) is 0 Å². The molecule has 0 aliphatic rings. The number of esters is 1. The lowest BCUT2D eigenvalue weighted by molar-refractivity contribution is 0.0533. The summed E-state index contributed by atoms with van der Waals surface area (Å²) in [5.74, 6) is -0.376. The number of hydrogen-bond acceptors (Lipinski definition) is 7. The summed E-state index contributed by atoms with van der Waals surface area (Å²) in [7, 11) is 0. The molecule has 0 spiro atoms. The maximum Gasteiger partial charge on any atom is 0.350 e. The lowest BCUT2D eigenvalue weighted by Gasteiger charge is -2.13. The number of nitrogens with zero attached hydrogens (tertiary/aromatic N) is 1. The van der Waals surface area contributed by atoms with Crippen LogP contribution in [0.3, 0.4) is 0 Å². The van der Waals surface area contributed by atoms with Gasteiger partial charge in [-0.3, -0.25) is 5.10 Å². The average molecular weight is 326 g/mol. The van der Waals surface area contributed by atoms with Crippen molar-refractivity contribution in [1.82, 2.24) is 10.2 Å². The Bertz CT molecular complexity index is 610. The first kappa shape index (κ1) is 15.7. The second-order valence-corrected chi connectivity index (χ2v) is 6.16. The maximum atomic E-state index is 11.9. The standard InChI is InChI=1S/C13H18N4O2S2/c1-4-19-13(18)11-9(14)10(20-3)12(21-11)17-7(2)8-5-15-16-6-8/h5-7,17H,4,14H2,1-3H3,(H,15,16). The van der Waals surface area contributed by atoms with Crippen molar-refractivity contribution in [3.63, 3.8) is 0 Å². The minimum absolute atomic E-state index is 0.0581. The lowest BCUT2D eigenvalue weighted by atomic mass is 10.2. The summed E-state index contributed by atoms with van der Waals surface area (Å²) in [5, 5.41) is 11.0. The van der Waals surface area contributed by atoms with Crippen LogP contribution in [0, 0.1) is 0 Å². The highest BCUT2D eigenvalue weighted by Crippen LogP contribution is 2.43. The molecule has 0 saturated carbocycles. The lowest BCUT2D eigenvalue weighted by Crippen LogP contribution is -2.05. The van der Waals surface area contributed by atoms with E-state index < -0.39 is 0 Å². The molecular weight excluding hydrogens is 308 g/mol. The molecule has 0 radical (unpaired) electrons. The monoisotopic (exact) mass is 326 g/mol. The van der Waals surface area contributed by atoms with Gasteiger partial charge in [0.25, 0.3) is 0 Å². The van der Waals surface area contributed by atoms with E-state index in [0.717, 1.165) is 15.5 Å². The number of thiophene rings is 1. The third-order valence-corrected chi connectivity index (χ3v) is 5.01. The number of thioether (sulfide) groups is 1. The van der Waals surface area contributed by atoms with Crippen LogP contribution in [0.4, 0.5) is 10.7 Å². The number of aromatic nitrogens is 2. The number of anilines is 2. The van der Waals surface area contributed by atoms with E-state index in [1.807, 2.05) is 19.4 Å². The summed E-state index contributed by atoms with van der Waals surface area (Å²) in [6.07, 6.45) is 5.53. The van der Waals surface area contributed by atoms with E-state index in [1.54, 1.807) is 13.1 Å². The van der Waals surface area contributed by atoms with Crippen LogP contribution < -0.4 is 11.1 Å². The molecule has 21 heavy (non-hydrogen) atoms. The fourth-order valence-electron chi connectivity index (χ4n) is 1.85. The molecule has 8 heteroatoms. The Morgan fingerprint density at radius 3 is 3.00 bits per heavy atom. The van der Waals surface area contributed by atoms with Gasteiger partial charge in [0.15, 0.2) is 0 Å². The van der Waals surface area contributed by atoms with Crippen LogP contribution in [0.15, 0.2) is 17.3 Å². The number of nitrogens with one attached hydrogen (secondary N) is 2. The Morgan fingerprint density at radius 2 is 2.43 bits per heavy atom. The molecule has 0 aliphatic carbocycles. The molecule has 2 aromatic rings. The van der Waals surface area contributed by atoms with Crippen molar-refractivity contribution in [3.05, 3.63) is 22.8 Å². The van der Waals surface area contributed by atoms with Gasteiger partial charge in [0, 0.05) is 11.8 Å². The predicted molar refractivity (Wildman–Crippen MR) is 87.1 cm³/mol. The zero-order valence-electron chi connectivity index (χ0n) is 12.1. The number of H-pyrrole nitrogens is 1. The fourth-order valence-corrected chi connectivity index (χ4v) is 3.86. The van der Waals surface area contributed by atoms with E-state index in [4.69, 9.17) is 10.5 Å². The molecule has 2 heterocycles. The summed E-state index contributed by atoms with van der Waals surface area (Å²) in [6, 6.07) is 0.0581. The van der Waals surface area contributed by atoms with Crippen molar-refractivity contribution in [2.45, 2.75) is 24.8 Å². The number of rotatable bonds is 6. The first-order valence-corrected chi connectivity index (χ1v) is 8.51. The van der Waals surface area contributed by atoms with Gasteiger partial charge in [-0.15, -0.1) is 23.1 Å². The highest BCUT2D eigenvalue weighted by Gasteiger charge is 2.22. The van der Waals surface area contributed by atoms with Gasteiger partial charge in [-0.1, -0.05) is 0 Å². The second kappa shape index (κ2) is 6.86. The summed E-state index contributed by atoms with van der Waals surface area (Å²) in [4.78, 5) is 13.2. The van der Waals surface area contributed by atoms with E-state index in [-0.39, 0.29) is 12.0 Å². The molecule has 0 bridgehead atoms. The van der Waals surface area contributed by atoms with E-state index in [1.165, 1.54) is 23.1 Å².